The van der Waals surface area contributed by atoms with Gasteiger partial charge in [-0.3, -0.25) is 4.79 Å². The molecule has 0 aromatic heterocycles. The Balaban J connectivity index is 2.38. The smallest absolute Gasteiger partial charge is 0.340 e. The van der Waals surface area contributed by atoms with Crippen LogP contribution in [0.5, 0.6) is 0 Å². The van der Waals surface area contributed by atoms with E-state index in [4.69, 9.17) is 5.73 Å². The van der Waals surface area contributed by atoms with Crippen molar-refractivity contribution < 1.29 is 18.7 Å². The van der Waals surface area contributed by atoms with E-state index < -0.39 is 11.8 Å². The van der Waals surface area contributed by atoms with E-state index in [-0.39, 0.29) is 29.4 Å². The van der Waals surface area contributed by atoms with Gasteiger partial charge in [0.25, 0.3) is 0 Å². The molecule has 0 bridgehead atoms. The normalized spacial score (nSPS) is 15.9. The third-order valence-electron chi connectivity index (χ3n) is 3.54. The van der Waals surface area contributed by atoms with Crippen molar-refractivity contribution in [3.05, 3.63) is 23.5 Å². The molecule has 6 nitrogen and oxygen atoms in total. The van der Waals surface area contributed by atoms with Crippen molar-refractivity contribution in [2.45, 2.75) is 6.42 Å². The van der Waals surface area contributed by atoms with E-state index in [1.807, 2.05) is 0 Å². The van der Waals surface area contributed by atoms with Crippen LogP contribution in [0.2, 0.25) is 0 Å². The lowest BCUT2D eigenvalue weighted by Gasteiger charge is -2.23. The van der Waals surface area contributed by atoms with E-state index >= 15 is 0 Å². The Labute approximate surface area is 122 Å². The van der Waals surface area contributed by atoms with Crippen LogP contribution in [0.4, 0.5) is 15.8 Å². The molecule has 1 heterocycles. The molecule has 2 rings (SSSR count). The van der Waals surface area contributed by atoms with Crippen LogP contribution in [0.15, 0.2) is 12.1 Å². The van der Waals surface area contributed by atoms with Gasteiger partial charge in [-0.15, -0.1) is 0 Å². The molecule has 1 saturated heterocycles. The minimum absolute atomic E-state index is 0.0152. The number of esters is 1. The molecule has 1 aromatic carbocycles. The van der Waals surface area contributed by atoms with E-state index in [1.165, 1.54) is 13.2 Å². The topological polar surface area (TPSA) is 75.9 Å². The van der Waals surface area contributed by atoms with Crippen molar-refractivity contribution in [3.8, 4) is 0 Å². The number of ether oxygens (including phenoxy) is 1. The van der Waals surface area contributed by atoms with Crippen LogP contribution in [-0.2, 0) is 9.53 Å². The Hall–Kier alpha value is -2.31. The zero-order valence-corrected chi connectivity index (χ0v) is 12.1. The number of rotatable bonds is 2. The molecule has 0 atom stereocenters. The van der Waals surface area contributed by atoms with Crippen LogP contribution in [0, 0.1) is 5.82 Å². The molecule has 114 valence electrons. The van der Waals surface area contributed by atoms with Crippen molar-refractivity contribution in [3.63, 3.8) is 0 Å². The fourth-order valence-electron chi connectivity index (χ4n) is 2.30. The first-order valence-electron chi connectivity index (χ1n) is 6.60. The SMILES string of the molecule is COC(=O)c1cc(N2CCCN(C)C(=O)C2)c(F)cc1N. The molecule has 0 spiro atoms. The maximum Gasteiger partial charge on any atom is 0.340 e. The molecule has 2 N–H and O–H groups in total. The van der Waals surface area contributed by atoms with Crippen LogP contribution >= 0.6 is 0 Å². The number of nitrogen functional groups attached to an aromatic ring is 1. The molecule has 7 heteroatoms. The molecule has 21 heavy (non-hydrogen) atoms. The lowest BCUT2D eigenvalue weighted by molar-refractivity contribution is -0.127. The van der Waals surface area contributed by atoms with Crippen LogP contribution < -0.4 is 10.6 Å². The Kier molecular flexibility index (Phi) is 4.30. The Morgan fingerprint density at radius 1 is 1.38 bits per heavy atom. The Morgan fingerprint density at radius 2 is 2.10 bits per heavy atom. The van der Waals surface area contributed by atoms with Crippen LogP contribution in [0.1, 0.15) is 16.8 Å². The summed E-state index contributed by atoms with van der Waals surface area (Å²) in [6.45, 7) is 1.21. The maximum absolute atomic E-state index is 14.1. The first-order chi connectivity index (χ1) is 9.93. The van der Waals surface area contributed by atoms with Gasteiger partial charge in [0, 0.05) is 25.8 Å². The number of anilines is 2. The maximum atomic E-state index is 14.1. The summed E-state index contributed by atoms with van der Waals surface area (Å²) < 4.78 is 18.8. The van der Waals surface area contributed by atoms with Crippen molar-refractivity contribution in [1.82, 2.24) is 4.90 Å². The van der Waals surface area contributed by atoms with Gasteiger partial charge in [-0.05, 0) is 18.6 Å². The highest BCUT2D eigenvalue weighted by molar-refractivity contribution is 5.96. The first-order valence-corrected chi connectivity index (χ1v) is 6.60. The number of likely N-dealkylation sites (N-methyl/N-ethyl adjacent to an activating group) is 1. The van der Waals surface area contributed by atoms with Gasteiger partial charge in [0.15, 0.2) is 0 Å². The van der Waals surface area contributed by atoms with Gasteiger partial charge in [-0.1, -0.05) is 0 Å². The molecule has 1 aliphatic rings. The number of amides is 1. The van der Waals surface area contributed by atoms with Crippen LogP contribution in [0.25, 0.3) is 0 Å². The predicted octanol–water partition coefficient (Wildman–Crippen LogP) is 0.863. The number of nitrogens with two attached hydrogens (primary N) is 1. The number of carbonyl (C=O) groups is 2. The monoisotopic (exact) mass is 295 g/mol. The van der Waals surface area contributed by atoms with E-state index in [9.17, 15) is 14.0 Å². The lowest BCUT2D eigenvalue weighted by Crippen LogP contribution is -2.34. The van der Waals surface area contributed by atoms with Crippen molar-refractivity contribution >= 4 is 23.3 Å². The second-order valence-corrected chi connectivity index (χ2v) is 4.97. The third-order valence-corrected chi connectivity index (χ3v) is 3.54. The van der Waals surface area contributed by atoms with Gasteiger partial charge in [0.05, 0.1) is 24.9 Å². The largest absolute Gasteiger partial charge is 0.465 e. The average molecular weight is 295 g/mol. The number of halogens is 1. The fraction of sp³-hybridized carbons (Fsp3) is 0.429. The molecule has 0 radical (unpaired) electrons. The molecular formula is C14H18FN3O3. The zero-order chi connectivity index (χ0) is 15.6. The van der Waals surface area contributed by atoms with E-state index in [0.29, 0.717) is 13.1 Å². The summed E-state index contributed by atoms with van der Waals surface area (Å²) in [5, 5.41) is 0. The molecule has 1 fully saturated rings. The fourth-order valence-corrected chi connectivity index (χ4v) is 2.30. The van der Waals surface area contributed by atoms with Gasteiger partial charge in [0.2, 0.25) is 5.91 Å². The summed E-state index contributed by atoms with van der Waals surface area (Å²) in [6, 6.07) is 2.43. The van der Waals surface area contributed by atoms with Crippen LogP contribution in [-0.4, -0.2) is 50.6 Å². The number of benzene rings is 1. The minimum Gasteiger partial charge on any atom is -0.465 e. The number of methoxy groups -OCH3 is 1. The predicted molar refractivity (Wildman–Crippen MR) is 76.6 cm³/mol. The Bertz CT molecular complexity index is 577. The highest BCUT2D eigenvalue weighted by Crippen LogP contribution is 2.27. The summed E-state index contributed by atoms with van der Waals surface area (Å²) in [7, 11) is 2.94. The molecule has 1 aromatic rings. The lowest BCUT2D eigenvalue weighted by atomic mass is 10.1. The molecular weight excluding hydrogens is 277 g/mol. The minimum atomic E-state index is -0.632. The standard InChI is InChI=1S/C14H18FN3O3/c1-17-4-3-5-18(8-13(17)19)12-6-9(14(20)21-2)11(16)7-10(12)15/h6-7H,3-5,8,16H2,1-2H3. The van der Waals surface area contributed by atoms with Gasteiger partial charge >= 0.3 is 5.97 Å². The molecule has 0 aliphatic carbocycles. The highest BCUT2D eigenvalue weighted by atomic mass is 19.1. The first kappa shape index (κ1) is 15.1. The summed E-state index contributed by atoms with van der Waals surface area (Å²) in [4.78, 5) is 26.8. The quantitative estimate of drug-likeness (QED) is 0.647. The second-order valence-electron chi connectivity index (χ2n) is 4.97. The highest BCUT2D eigenvalue weighted by Gasteiger charge is 2.23. The zero-order valence-electron chi connectivity index (χ0n) is 12.1. The van der Waals surface area contributed by atoms with Gasteiger partial charge in [-0.25, -0.2) is 9.18 Å². The summed E-state index contributed by atoms with van der Waals surface area (Å²) >= 11 is 0. The number of hydrogen-bond acceptors (Lipinski definition) is 5. The molecule has 0 unspecified atom stereocenters. The number of hydrogen-bond donors (Lipinski definition) is 1. The number of nitrogens with zero attached hydrogens (tertiary/aromatic N) is 2. The van der Waals surface area contributed by atoms with Crippen molar-refractivity contribution in [2.75, 3.05) is 44.4 Å². The Morgan fingerprint density at radius 3 is 2.76 bits per heavy atom. The second kappa shape index (κ2) is 5.99. The van der Waals surface area contributed by atoms with Crippen LogP contribution in [0.3, 0.4) is 0 Å². The van der Waals surface area contributed by atoms with Gasteiger partial charge in [-0.2, -0.15) is 0 Å². The van der Waals surface area contributed by atoms with Gasteiger partial charge in [0.1, 0.15) is 5.82 Å². The average Bonchev–Trinajstić information content (AvgIpc) is 2.60. The number of carbonyl (C=O) groups excluding carboxylic acids is 2. The summed E-state index contributed by atoms with van der Waals surface area (Å²) in [6.07, 6.45) is 0.722. The molecule has 1 amide bonds. The van der Waals surface area contributed by atoms with E-state index in [2.05, 4.69) is 4.74 Å². The molecule has 1 aliphatic heterocycles. The third kappa shape index (κ3) is 3.07. The van der Waals surface area contributed by atoms with Crippen molar-refractivity contribution in [1.29, 1.82) is 0 Å². The summed E-state index contributed by atoms with van der Waals surface area (Å²) in [5.74, 6) is -1.28. The van der Waals surface area contributed by atoms with E-state index in [1.54, 1.807) is 16.8 Å². The summed E-state index contributed by atoms with van der Waals surface area (Å²) in [5.41, 5.74) is 5.94. The molecule has 0 saturated carbocycles. The van der Waals surface area contributed by atoms with Crippen molar-refractivity contribution in [2.24, 2.45) is 0 Å². The van der Waals surface area contributed by atoms with E-state index in [0.717, 1.165) is 12.5 Å². The van der Waals surface area contributed by atoms with Gasteiger partial charge < -0.3 is 20.3 Å².